The van der Waals surface area contributed by atoms with Crippen LogP contribution < -0.4 is 10.1 Å². The number of carbonyl (C=O) groups excluding carboxylic acids is 1. The van der Waals surface area contributed by atoms with Crippen LogP contribution in [0.1, 0.15) is 31.2 Å². The summed E-state index contributed by atoms with van der Waals surface area (Å²) < 4.78 is 30.9. The van der Waals surface area contributed by atoms with E-state index in [2.05, 4.69) is 5.32 Å². The van der Waals surface area contributed by atoms with Gasteiger partial charge in [-0.05, 0) is 49.6 Å². The topological polar surface area (TPSA) is 72.5 Å². The Hall–Kier alpha value is -2.34. The van der Waals surface area contributed by atoms with Crippen LogP contribution in [0.25, 0.3) is 0 Å². The van der Waals surface area contributed by atoms with Crippen LogP contribution in [0.5, 0.6) is 5.75 Å². The van der Waals surface area contributed by atoms with Crippen molar-refractivity contribution in [3.63, 3.8) is 0 Å². The fraction of sp³-hybridized carbons (Fsp3) is 0.350. The third-order valence-corrected chi connectivity index (χ3v) is 6.90. The lowest BCUT2D eigenvalue weighted by Gasteiger charge is -2.13. The molecule has 2 aromatic carbocycles. The zero-order valence-corrected chi connectivity index (χ0v) is 15.6. The molecule has 1 aliphatic rings. The summed E-state index contributed by atoms with van der Waals surface area (Å²) in [7, 11) is -3.34. The number of ether oxygens (including phenoxy) is 1. The Bertz CT molecular complexity index is 886. The van der Waals surface area contributed by atoms with Crippen LogP contribution in [0.15, 0.2) is 53.4 Å². The van der Waals surface area contributed by atoms with Gasteiger partial charge in [-0.1, -0.05) is 37.1 Å². The summed E-state index contributed by atoms with van der Waals surface area (Å²) in [5.74, 6) is 0.323. The molecular formula is C20H23NO4S. The molecule has 0 aliphatic heterocycles. The van der Waals surface area contributed by atoms with Crippen LogP contribution in [-0.4, -0.2) is 26.2 Å². The van der Waals surface area contributed by atoms with Gasteiger partial charge in [0, 0.05) is 5.69 Å². The minimum Gasteiger partial charge on any atom is -0.483 e. The van der Waals surface area contributed by atoms with Crippen LogP contribution in [-0.2, 0) is 14.6 Å². The Morgan fingerprint density at radius 3 is 2.58 bits per heavy atom. The number of benzene rings is 2. The summed E-state index contributed by atoms with van der Waals surface area (Å²) in [5, 5.41) is 2.40. The fourth-order valence-electron chi connectivity index (χ4n) is 3.20. The molecular weight excluding hydrogens is 350 g/mol. The summed E-state index contributed by atoms with van der Waals surface area (Å²) in [4.78, 5) is 12.4. The highest BCUT2D eigenvalue weighted by molar-refractivity contribution is 7.92. The van der Waals surface area contributed by atoms with Gasteiger partial charge in [-0.2, -0.15) is 0 Å². The molecule has 0 bridgehead atoms. The van der Waals surface area contributed by atoms with Crippen molar-refractivity contribution in [2.75, 3.05) is 11.9 Å². The Morgan fingerprint density at radius 1 is 1.12 bits per heavy atom. The van der Waals surface area contributed by atoms with Gasteiger partial charge in [0.05, 0.1) is 10.1 Å². The lowest BCUT2D eigenvalue weighted by Crippen LogP contribution is -2.21. The fourth-order valence-corrected chi connectivity index (χ4v) is 5.10. The van der Waals surface area contributed by atoms with Gasteiger partial charge in [0.15, 0.2) is 16.4 Å². The number of aryl methyl sites for hydroxylation is 1. The molecule has 1 N–H and O–H groups in total. The molecule has 0 atom stereocenters. The molecule has 0 unspecified atom stereocenters. The first-order valence-electron chi connectivity index (χ1n) is 8.79. The summed E-state index contributed by atoms with van der Waals surface area (Å²) in [6.45, 7) is 1.77. The Morgan fingerprint density at radius 2 is 1.85 bits per heavy atom. The van der Waals surface area contributed by atoms with E-state index in [0.717, 1.165) is 18.4 Å². The molecule has 0 aromatic heterocycles. The van der Waals surface area contributed by atoms with E-state index < -0.39 is 9.84 Å². The number of sulfone groups is 1. The molecule has 3 rings (SSSR count). The predicted molar refractivity (Wildman–Crippen MR) is 101 cm³/mol. The Labute approximate surface area is 154 Å². The molecule has 0 heterocycles. The van der Waals surface area contributed by atoms with E-state index in [0.29, 0.717) is 24.3 Å². The molecule has 2 aromatic rings. The second-order valence-corrected chi connectivity index (χ2v) is 8.81. The van der Waals surface area contributed by atoms with Crippen molar-refractivity contribution < 1.29 is 17.9 Å². The lowest BCUT2D eigenvalue weighted by atomic mass is 10.2. The molecule has 1 amide bonds. The molecule has 1 aliphatic carbocycles. The third-order valence-electron chi connectivity index (χ3n) is 4.64. The third kappa shape index (κ3) is 4.25. The first-order chi connectivity index (χ1) is 12.5. The molecule has 26 heavy (non-hydrogen) atoms. The summed E-state index contributed by atoms with van der Waals surface area (Å²) >= 11 is 0. The van der Waals surface area contributed by atoms with Crippen molar-refractivity contribution in [2.45, 2.75) is 42.8 Å². The maximum absolute atomic E-state index is 12.7. The Balaban J connectivity index is 1.65. The summed E-state index contributed by atoms with van der Waals surface area (Å²) in [6.07, 6.45) is 3.33. The number of anilines is 1. The summed E-state index contributed by atoms with van der Waals surface area (Å²) in [5.41, 5.74) is 1.41. The molecule has 138 valence electrons. The first kappa shape index (κ1) is 18.5. The molecule has 1 fully saturated rings. The van der Waals surface area contributed by atoms with E-state index >= 15 is 0 Å². The zero-order chi connectivity index (χ0) is 18.6. The first-order valence-corrected chi connectivity index (χ1v) is 10.3. The predicted octanol–water partition coefficient (Wildman–Crippen LogP) is 3.73. The number of rotatable bonds is 6. The largest absolute Gasteiger partial charge is 0.483 e. The average molecular weight is 373 g/mol. The van der Waals surface area contributed by atoms with E-state index in [1.807, 2.05) is 25.1 Å². The molecule has 0 radical (unpaired) electrons. The van der Waals surface area contributed by atoms with Crippen LogP contribution in [0, 0.1) is 6.92 Å². The molecule has 1 saturated carbocycles. The second-order valence-electron chi connectivity index (χ2n) is 6.58. The maximum Gasteiger partial charge on any atom is 0.262 e. The number of carbonyl (C=O) groups is 1. The standard InChI is InChI=1S/C20H23NO4S/c1-15-7-2-5-12-19(15)25-14-20(22)21-16-8-6-11-18(13-16)26(23,24)17-9-3-4-10-17/h2,5-8,11-13,17H,3-4,9-10,14H2,1H3,(H,21,22). The quantitative estimate of drug-likeness (QED) is 0.837. The number of para-hydroxylation sites is 1. The minimum absolute atomic E-state index is 0.134. The van der Waals surface area contributed by atoms with Gasteiger partial charge < -0.3 is 10.1 Å². The SMILES string of the molecule is Cc1ccccc1OCC(=O)Nc1cccc(S(=O)(=O)C2CCCC2)c1. The van der Waals surface area contributed by atoms with Crippen LogP contribution >= 0.6 is 0 Å². The number of hydrogen-bond donors (Lipinski definition) is 1. The second kappa shape index (κ2) is 7.91. The highest BCUT2D eigenvalue weighted by Crippen LogP contribution is 2.30. The van der Waals surface area contributed by atoms with Crippen molar-refractivity contribution in [1.29, 1.82) is 0 Å². The number of hydrogen-bond acceptors (Lipinski definition) is 4. The summed E-state index contributed by atoms with van der Waals surface area (Å²) in [6, 6.07) is 13.9. The highest BCUT2D eigenvalue weighted by Gasteiger charge is 2.30. The molecule has 6 heteroatoms. The van der Waals surface area contributed by atoms with Gasteiger partial charge in [0.2, 0.25) is 0 Å². The van der Waals surface area contributed by atoms with Crippen molar-refractivity contribution in [2.24, 2.45) is 0 Å². The van der Waals surface area contributed by atoms with Gasteiger partial charge in [0.25, 0.3) is 5.91 Å². The number of amides is 1. The Kier molecular flexibility index (Phi) is 5.61. The zero-order valence-electron chi connectivity index (χ0n) is 14.8. The van der Waals surface area contributed by atoms with Crippen molar-refractivity contribution in [3.8, 4) is 5.75 Å². The van der Waals surface area contributed by atoms with Crippen molar-refractivity contribution in [3.05, 3.63) is 54.1 Å². The van der Waals surface area contributed by atoms with Gasteiger partial charge in [-0.15, -0.1) is 0 Å². The van der Waals surface area contributed by atoms with Gasteiger partial charge >= 0.3 is 0 Å². The van der Waals surface area contributed by atoms with E-state index in [1.54, 1.807) is 24.3 Å². The maximum atomic E-state index is 12.7. The molecule has 0 saturated heterocycles. The minimum atomic E-state index is -3.34. The van der Waals surface area contributed by atoms with Gasteiger partial charge in [-0.25, -0.2) is 8.42 Å². The van der Waals surface area contributed by atoms with E-state index in [9.17, 15) is 13.2 Å². The monoisotopic (exact) mass is 373 g/mol. The smallest absolute Gasteiger partial charge is 0.262 e. The van der Waals surface area contributed by atoms with Crippen molar-refractivity contribution in [1.82, 2.24) is 0 Å². The van der Waals surface area contributed by atoms with Crippen molar-refractivity contribution >= 4 is 21.4 Å². The number of nitrogens with one attached hydrogen (secondary N) is 1. The van der Waals surface area contributed by atoms with Crippen LogP contribution in [0.3, 0.4) is 0 Å². The molecule has 5 nitrogen and oxygen atoms in total. The normalized spacial score (nSPS) is 15.0. The molecule has 0 spiro atoms. The van der Waals surface area contributed by atoms with Crippen LogP contribution in [0.2, 0.25) is 0 Å². The van der Waals surface area contributed by atoms with E-state index in [1.165, 1.54) is 6.07 Å². The van der Waals surface area contributed by atoms with Crippen LogP contribution in [0.4, 0.5) is 5.69 Å². The van der Waals surface area contributed by atoms with Gasteiger partial charge in [0.1, 0.15) is 5.75 Å². The van der Waals surface area contributed by atoms with E-state index in [-0.39, 0.29) is 22.7 Å². The van der Waals surface area contributed by atoms with Gasteiger partial charge in [-0.3, -0.25) is 4.79 Å². The highest BCUT2D eigenvalue weighted by atomic mass is 32.2. The average Bonchev–Trinajstić information content (AvgIpc) is 3.17. The van der Waals surface area contributed by atoms with E-state index in [4.69, 9.17) is 4.74 Å². The lowest BCUT2D eigenvalue weighted by molar-refractivity contribution is -0.118.